The Morgan fingerprint density at radius 1 is 1.07 bits per heavy atom. The number of imidazole rings is 1. The lowest BCUT2D eigenvalue weighted by Crippen LogP contribution is -2.38. The largest absolute Gasteiger partial charge is 0.487 e. The SMILES string of the molecule is CC(=O)Nc1ccc(C=CC(=O)NCC(=O)N(C)c2ccc(C)c(COc3cccc4c3nc(C)n4C)c2C)cn1. The molecule has 0 saturated carbocycles. The van der Waals surface area contributed by atoms with Gasteiger partial charge in [0.05, 0.1) is 12.1 Å². The fourth-order valence-corrected chi connectivity index (χ4v) is 4.44. The molecule has 0 atom stereocenters. The van der Waals surface area contributed by atoms with Crippen molar-refractivity contribution in [3.63, 3.8) is 0 Å². The number of pyridine rings is 1. The van der Waals surface area contributed by atoms with Crippen molar-refractivity contribution in [3.05, 3.63) is 82.8 Å². The first-order valence-electron chi connectivity index (χ1n) is 13.1. The van der Waals surface area contributed by atoms with Crippen LogP contribution in [0.2, 0.25) is 0 Å². The van der Waals surface area contributed by atoms with Gasteiger partial charge in [-0.1, -0.05) is 12.1 Å². The van der Waals surface area contributed by atoms with E-state index in [1.165, 1.54) is 24.1 Å². The van der Waals surface area contributed by atoms with Gasteiger partial charge < -0.3 is 24.8 Å². The normalized spacial score (nSPS) is 11.1. The average molecular weight is 555 g/mol. The molecule has 0 saturated heterocycles. The van der Waals surface area contributed by atoms with E-state index in [-0.39, 0.29) is 18.4 Å². The predicted octanol–water partition coefficient (Wildman–Crippen LogP) is 4.22. The number of hydrogen-bond acceptors (Lipinski definition) is 6. The van der Waals surface area contributed by atoms with Crippen LogP contribution in [0.1, 0.15) is 35.0 Å². The monoisotopic (exact) mass is 554 g/mol. The number of rotatable bonds is 9. The molecule has 0 bridgehead atoms. The summed E-state index contributed by atoms with van der Waals surface area (Å²) in [6.45, 7) is 7.49. The smallest absolute Gasteiger partial charge is 0.246 e. The Morgan fingerprint density at radius 3 is 2.56 bits per heavy atom. The Kier molecular flexibility index (Phi) is 8.81. The first kappa shape index (κ1) is 29.0. The number of aryl methyl sites for hydroxylation is 3. The van der Waals surface area contributed by atoms with Crippen LogP contribution >= 0.6 is 0 Å². The third-order valence-electron chi connectivity index (χ3n) is 6.94. The van der Waals surface area contributed by atoms with Crippen LogP contribution in [0, 0.1) is 20.8 Å². The lowest BCUT2D eigenvalue weighted by molar-refractivity contribution is -0.122. The van der Waals surface area contributed by atoms with Crippen molar-refractivity contribution in [1.82, 2.24) is 19.9 Å². The van der Waals surface area contributed by atoms with Gasteiger partial charge in [0.2, 0.25) is 17.7 Å². The number of amides is 3. The van der Waals surface area contributed by atoms with Crippen molar-refractivity contribution in [3.8, 4) is 5.75 Å². The van der Waals surface area contributed by atoms with Gasteiger partial charge >= 0.3 is 0 Å². The standard InChI is InChI=1S/C31H34N6O4/c1-19-10-13-25(20(2)24(19)18-41-27-9-7-8-26-31(27)34-21(3)36(26)5)37(6)30(40)17-33-29(39)15-12-23-11-14-28(32-16-23)35-22(4)38/h7-16H,17-18H2,1-6H3,(H,33,39)(H,32,35,38). The third kappa shape index (κ3) is 6.78. The zero-order valence-corrected chi connectivity index (χ0v) is 24.1. The molecule has 212 valence electrons. The minimum absolute atomic E-state index is 0.167. The number of aromatic nitrogens is 3. The highest BCUT2D eigenvalue weighted by Crippen LogP contribution is 2.29. The summed E-state index contributed by atoms with van der Waals surface area (Å²) in [4.78, 5) is 46.7. The molecule has 0 radical (unpaired) electrons. The minimum atomic E-state index is -0.411. The molecule has 10 heteroatoms. The minimum Gasteiger partial charge on any atom is -0.487 e. The summed E-state index contributed by atoms with van der Waals surface area (Å²) in [7, 11) is 3.66. The summed E-state index contributed by atoms with van der Waals surface area (Å²) in [5.74, 6) is 1.15. The van der Waals surface area contributed by atoms with Gasteiger partial charge in [-0.25, -0.2) is 9.97 Å². The zero-order chi connectivity index (χ0) is 29.7. The third-order valence-corrected chi connectivity index (χ3v) is 6.94. The Bertz CT molecular complexity index is 1640. The van der Waals surface area contributed by atoms with Crippen LogP contribution in [-0.2, 0) is 28.0 Å². The molecule has 0 aliphatic heterocycles. The average Bonchev–Trinajstić information content (AvgIpc) is 3.24. The van der Waals surface area contributed by atoms with Crippen molar-refractivity contribution in [2.45, 2.75) is 34.3 Å². The molecule has 0 aliphatic rings. The van der Waals surface area contributed by atoms with Gasteiger partial charge in [-0.15, -0.1) is 0 Å². The Balaban J connectivity index is 1.38. The highest BCUT2D eigenvalue weighted by Gasteiger charge is 2.18. The molecule has 0 fully saturated rings. The molecular weight excluding hydrogens is 520 g/mol. The van der Waals surface area contributed by atoms with Crippen molar-refractivity contribution in [1.29, 1.82) is 0 Å². The van der Waals surface area contributed by atoms with Crippen molar-refractivity contribution >= 4 is 46.3 Å². The maximum absolute atomic E-state index is 13.0. The van der Waals surface area contributed by atoms with Gasteiger partial charge in [-0.05, 0) is 79.4 Å². The second-order valence-corrected chi connectivity index (χ2v) is 9.80. The molecule has 2 N–H and O–H groups in total. The van der Waals surface area contributed by atoms with E-state index in [2.05, 4.69) is 20.6 Å². The molecule has 2 aromatic carbocycles. The van der Waals surface area contributed by atoms with Gasteiger partial charge in [0.1, 0.15) is 29.5 Å². The van der Waals surface area contributed by atoms with Crippen molar-refractivity contribution in [2.75, 3.05) is 23.8 Å². The Labute approximate surface area is 239 Å². The summed E-state index contributed by atoms with van der Waals surface area (Å²) in [6.07, 6.45) is 4.45. The van der Waals surface area contributed by atoms with Gasteiger partial charge in [-0.2, -0.15) is 0 Å². The van der Waals surface area contributed by atoms with Gasteiger partial charge in [-0.3, -0.25) is 14.4 Å². The summed E-state index contributed by atoms with van der Waals surface area (Å²) in [6, 6.07) is 13.1. The highest BCUT2D eigenvalue weighted by molar-refractivity contribution is 5.99. The molecule has 0 spiro atoms. The second kappa shape index (κ2) is 12.5. The van der Waals surface area contributed by atoms with E-state index in [1.807, 2.05) is 62.7 Å². The first-order chi connectivity index (χ1) is 19.5. The molecule has 2 heterocycles. The molecule has 3 amide bonds. The van der Waals surface area contributed by atoms with Gasteiger partial charge in [0.15, 0.2) is 0 Å². The highest BCUT2D eigenvalue weighted by atomic mass is 16.5. The van der Waals surface area contributed by atoms with Crippen LogP contribution in [0.3, 0.4) is 0 Å². The summed E-state index contributed by atoms with van der Waals surface area (Å²) in [5.41, 5.74) is 6.19. The van der Waals surface area contributed by atoms with E-state index >= 15 is 0 Å². The number of ether oxygens (including phenoxy) is 1. The number of nitrogens with zero attached hydrogens (tertiary/aromatic N) is 4. The number of hydrogen-bond donors (Lipinski definition) is 2. The van der Waals surface area contributed by atoms with E-state index in [4.69, 9.17) is 4.74 Å². The van der Waals surface area contributed by atoms with Crippen LogP contribution < -0.4 is 20.3 Å². The molecule has 0 unspecified atom stereocenters. The maximum atomic E-state index is 13.0. The predicted molar refractivity (Wildman–Crippen MR) is 160 cm³/mol. The number of nitrogens with one attached hydrogen (secondary N) is 2. The molecule has 2 aromatic heterocycles. The number of benzene rings is 2. The number of carbonyl (C=O) groups is 3. The fourth-order valence-electron chi connectivity index (χ4n) is 4.44. The van der Waals surface area contributed by atoms with Crippen LogP contribution in [0.15, 0.2) is 54.7 Å². The lowest BCUT2D eigenvalue weighted by atomic mass is 10.0. The van der Waals surface area contributed by atoms with E-state index < -0.39 is 5.91 Å². The molecule has 0 aliphatic carbocycles. The summed E-state index contributed by atoms with van der Waals surface area (Å²) in [5, 5.41) is 5.21. The van der Waals surface area contributed by atoms with Crippen LogP contribution in [0.4, 0.5) is 11.5 Å². The van der Waals surface area contributed by atoms with Crippen LogP contribution in [0.25, 0.3) is 17.1 Å². The summed E-state index contributed by atoms with van der Waals surface area (Å²) >= 11 is 0. The zero-order valence-electron chi connectivity index (χ0n) is 24.1. The molecule has 4 aromatic rings. The van der Waals surface area contributed by atoms with E-state index in [0.29, 0.717) is 23.7 Å². The van der Waals surface area contributed by atoms with E-state index in [1.54, 1.807) is 25.3 Å². The number of fused-ring (bicyclic) bond motifs is 1. The second-order valence-electron chi connectivity index (χ2n) is 9.80. The molecular formula is C31H34N6O4. The van der Waals surface area contributed by atoms with E-state index in [9.17, 15) is 14.4 Å². The Morgan fingerprint density at radius 2 is 1.85 bits per heavy atom. The molecule has 4 rings (SSSR count). The number of likely N-dealkylation sites (N-methyl/N-ethyl adjacent to an activating group) is 1. The topological polar surface area (TPSA) is 118 Å². The fraction of sp³-hybridized carbons (Fsp3) is 0.258. The van der Waals surface area contributed by atoms with Crippen LogP contribution in [-0.4, -0.2) is 45.8 Å². The van der Waals surface area contributed by atoms with Gasteiger partial charge in [0.25, 0.3) is 0 Å². The number of para-hydroxylation sites is 1. The van der Waals surface area contributed by atoms with Gasteiger partial charge in [0, 0.05) is 39.0 Å². The number of anilines is 2. The van der Waals surface area contributed by atoms with E-state index in [0.717, 1.165) is 39.2 Å². The quantitative estimate of drug-likeness (QED) is 0.299. The summed E-state index contributed by atoms with van der Waals surface area (Å²) < 4.78 is 8.26. The lowest BCUT2D eigenvalue weighted by Gasteiger charge is -2.23. The molecule has 41 heavy (non-hydrogen) atoms. The Hall–Kier alpha value is -4.99. The van der Waals surface area contributed by atoms with Crippen molar-refractivity contribution < 1.29 is 19.1 Å². The van der Waals surface area contributed by atoms with Crippen molar-refractivity contribution in [2.24, 2.45) is 7.05 Å². The maximum Gasteiger partial charge on any atom is 0.246 e. The first-order valence-corrected chi connectivity index (χ1v) is 13.1. The van der Waals surface area contributed by atoms with Crippen LogP contribution in [0.5, 0.6) is 5.75 Å². The number of carbonyl (C=O) groups excluding carboxylic acids is 3. The molecule has 10 nitrogen and oxygen atoms in total.